The second kappa shape index (κ2) is 5.51. The molecule has 0 heterocycles. The number of carbonyl (C=O) groups excluding carboxylic acids is 1. The molecular formula is C12H17NO2. The predicted molar refractivity (Wildman–Crippen MR) is 60.2 cm³/mol. The van der Waals surface area contributed by atoms with Crippen molar-refractivity contribution in [2.75, 3.05) is 14.2 Å². The fourth-order valence-corrected chi connectivity index (χ4v) is 1.54. The van der Waals surface area contributed by atoms with E-state index in [1.54, 1.807) is 14.2 Å². The van der Waals surface area contributed by atoms with Crippen LogP contribution in [0.15, 0.2) is 18.2 Å². The lowest BCUT2D eigenvalue weighted by Crippen LogP contribution is -2.18. The number of aryl methyl sites for hydroxylation is 1. The van der Waals surface area contributed by atoms with E-state index in [1.165, 1.54) is 5.56 Å². The van der Waals surface area contributed by atoms with Crippen LogP contribution in [0.25, 0.3) is 0 Å². The summed E-state index contributed by atoms with van der Waals surface area (Å²) in [5.41, 5.74) is 2.10. The van der Waals surface area contributed by atoms with Gasteiger partial charge in [0.25, 0.3) is 0 Å². The maximum Gasteiger partial charge on any atom is 0.141 e. The van der Waals surface area contributed by atoms with Gasteiger partial charge in [-0.05, 0) is 25.1 Å². The number of hydrogen-bond acceptors (Lipinski definition) is 3. The number of rotatable bonds is 5. The van der Waals surface area contributed by atoms with Gasteiger partial charge < -0.3 is 14.8 Å². The number of carbonyl (C=O) groups is 1. The third kappa shape index (κ3) is 2.57. The average Bonchev–Trinajstić information content (AvgIpc) is 2.30. The maximum atomic E-state index is 10.9. The fraction of sp³-hybridized carbons (Fsp3) is 0.417. The van der Waals surface area contributed by atoms with Crippen molar-refractivity contribution in [3.8, 4) is 5.75 Å². The Kier molecular flexibility index (Phi) is 4.31. The highest BCUT2D eigenvalue weighted by Crippen LogP contribution is 2.25. The normalized spacial score (nSPS) is 12.2. The van der Waals surface area contributed by atoms with Crippen molar-refractivity contribution in [2.24, 2.45) is 0 Å². The molecule has 3 heteroatoms. The van der Waals surface area contributed by atoms with Gasteiger partial charge in [0.05, 0.1) is 13.2 Å². The molecule has 0 spiro atoms. The molecule has 3 nitrogen and oxygen atoms in total. The number of aldehydes is 1. The number of benzene rings is 1. The van der Waals surface area contributed by atoms with Crippen molar-refractivity contribution in [2.45, 2.75) is 19.4 Å². The van der Waals surface area contributed by atoms with Crippen LogP contribution in [0.1, 0.15) is 24.1 Å². The van der Waals surface area contributed by atoms with Crippen molar-refractivity contribution in [1.29, 1.82) is 0 Å². The predicted octanol–water partition coefficient (Wildman–Crippen LogP) is 1.72. The van der Waals surface area contributed by atoms with Gasteiger partial charge in [-0.15, -0.1) is 0 Å². The van der Waals surface area contributed by atoms with Gasteiger partial charge in [0, 0.05) is 5.56 Å². The second-order valence-corrected chi connectivity index (χ2v) is 3.33. The highest BCUT2D eigenvalue weighted by molar-refractivity contribution is 5.64. The molecule has 1 atom stereocenters. The molecule has 0 aliphatic heterocycles. The van der Waals surface area contributed by atoms with E-state index in [4.69, 9.17) is 4.74 Å². The standard InChI is InChI=1S/C12H17NO2/c1-4-9-5-6-12(15-3)10(7-9)11(8-14)13-2/h5-8,11,13H,4H2,1-3H3. The minimum atomic E-state index is -0.300. The first-order valence-corrected chi connectivity index (χ1v) is 5.06. The minimum Gasteiger partial charge on any atom is -0.496 e. The van der Waals surface area contributed by atoms with Crippen molar-refractivity contribution >= 4 is 6.29 Å². The van der Waals surface area contributed by atoms with Gasteiger partial charge in [-0.25, -0.2) is 0 Å². The lowest BCUT2D eigenvalue weighted by Gasteiger charge is -2.15. The zero-order valence-electron chi connectivity index (χ0n) is 9.41. The largest absolute Gasteiger partial charge is 0.496 e. The van der Waals surface area contributed by atoms with E-state index in [2.05, 4.69) is 12.2 Å². The Balaban J connectivity index is 3.15. The molecule has 0 bridgehead atoms. The van der Waals surface area contributed by atoms with Crippen molar-refractivity contribution in [1.82, 2.24) is 5.32 Å². The van der Waals surface area contributed by atoms with Crippen LogP contribution in [0.3, 0.4) is 0 Å². The summed E-state index contributed by atoms with van der Waals surface area (Å²) in [5, 5.41) is 2.95. The second-order valence-electron chi connectivity index (χ2n) is 3.33. The molecule has 0 fully saturated rings. The number of likely N-dealkylation sites (N-methyl/N-ethyl adjacent to an activating group) is 1. The molecule has 0 aromatic heterocycles. The number of ether oxygens (including phenoxy) is 1. The summed E-state index contributed by atoms with van der Waals surface area (Å²) in [7, 11) is 3.37. The molecule has 1 rings (SSSR count). The van der Waals surface area contributed by atoms with Crippen LogP contribution in [-0.4, -0.2) is 20.4 Å². The Morgan fingerprint density at radius 3 is 2.73 bits per heavy atom. The summed E-state index contributed by atoms with van der Waals surface area (Å²) in [6, 6.07) is 5.63. The number of nitrogens with one attached hydrogen (secondary N) is 1. The molecule has 0 radical (unpaired) electrons. The average molecular weight is 207 g/mol. The molecule has 0 aliphatic rings. The van der Waals surface area contributed by atoms with Crippen LogP contribution < -0.4 is 10.1 Å². The number of methoxy groups -OCH3 is 1. The van der Waals surface area contributed by atoms with Gasteiger partial charge in [-0.1, -0.05) is 19.1 Å². The Morgan fingerprint density at radius 1 is 1.53 bits per heavy atom. The summed E-state index contributed by atoms with van der Waals surface area (Å²) < 4.78 is 5.23. The molecule has 0 amide bonds. The van der Waals surface area contributed by atoms with E-state index in [0.717, 1.165) is 24.0 Å². The molecule has 1 aromatic rings. The van der Waals surface area contributed by atoms with E-state index in [0.29, 0.717) is 0 Å². The monoisotopic (exact) mass is 207 g/mol. The summed E-state index contributed by atoms with van der Waals surface area (Å²) in [6.07, 6.45) is 1.84. The van der Waals surface area contributed by atoms with Gasteiger partial charge in [0.1, 0.15) is 12.0 Å². The molecular weight excluding hydrogens is 190 g/mol. The molecule has 1 aromatic carbocycles. The molecule has 0 saturated carbocycles. The Labute approximate surface area is 90.4 Å². The zero-order chi connectivity index (χ0) is 11.3. The van der Waals surface area contributed by atoms with E-state index >= 15 is 0 Å². The van der Waals surface area contributed by atoms with Crippen LogP contribution >= 0.6 is 0 Å². The topological polar surface area (TPSA) is 38.3 Å². The van der Waals surface area contributed by atoms with Crippen LogP contribution in [0.5, 0.6) is 5.75 Å². The van der Waals surface area contributed by atoms with Crippen LogP contribution in [0.2, 0.25) is 0 Å². The van der Waals surface area contributed by atoms with Gasteiger partial charge >= 0.3 is 0 Å². The highest BCUT2D eigenvalue weighted by Gasteiger charge is 2.13. The van der Waals surface area contributed by atoms with Crippen LogP contribution in [0, 0.1) is 0 Å². The van der Waals surface area contributed by atoms with E-state index < -0.39 is 0 Å². The molecule has 1 unspecified atom stereocenters. The molecule has 82 valence electrons. The van der Waals surface area contributed by atoms with Gasteiger partial charge in [-0.2, -0.15) is 0 Å². The Hall–Kier alpha value is -1.35. The summed E-state index contributed by atoms with van der Waals surface area (Å²) >= 11 is 0. The first kappa shape index (κ1) is 11.7. The van der Waals surface area contributed by atoms with Crippen molar-refractivity contribution < 1.29 is 9.53 Å². The zero-order valence-corrected chi connectivity index (χ0v) is 9.41. The Morgan fingerprint density at radius 2 is 2.27 bits per heavy atom. The van der Waals surface area contributed by atoms with Crippen molar-refractivity contribution in [3.63, 3.8) is 0 Å². The lowest BCUT2D eigenvalue weighted by molar-refractivity contribution is -0.109. The van der Waals surface area contributed by atoms with E-state index in [9.17, 15) is 4.79 Å². The van der Waals surface area contributed by atoms with Crippen LogP contribution in [-0.2, 0) is 11.2 Å². The lowest BCUT2D eigenvalue weighted by atomic mass is 10.0. The van der Waals surface area contributed by atoms with Gasteiger partial charge in [-0.3, -0.25) is 0 Å². The smallest absolute Gasteiger partial charge is 0.141 e. The highest BCUT2D eigenvalue weighted by atomic mass is 16.5. The third-order valence-electron chi connectivity index (χ3n) is 2.48. The minimum absolute atomic E-state index is 0.300. The number of hydrogen-bond donors (Lipinski definition) is 1. The van der Waals surface area contributed by atoms with E-state index in [1.807, 2.05) is 18.2 Å². The molecule has 0 aliphatic carbocycles. The fourth-order valence-electron chi connectivity index (χ4n) is 1.54. The molecule has 0 saturated heterocycles. The first-order chi connectivity index (χ1) is 7.26. The first-order valence-electron chi connectivity index (χ1n) is 5.06. The van der Waals surface area contributed by atoms with E-state index in [-0.39, 0.29) is 6.04 Å². The molecule has 15 heavy (non-hydrogen) atoms. The van der Waals surface area contributed by atoms with Crippen molar-refractivity contribution in [3.05, 3.63) is 29.3 Å². The summed E-state index contributed by atoms with van der Waals surface area (Å²) in [6.45, 7) is 2.08. The quantitative estimate of drug-likeness (QED) is 0.747. The SMILES string of the molecule is CCc1ccc(OC)c(C(C=O)NC)c1. The summed E-state index contributed by atoms with van der Waals surface area (Å²) in [5.74, 6) is 0.749. The van der Waals surface area contributed by atoms with Crippen LogP contribution in [0.4, 0.5) is 0 Å². The third-order valence-corrected chi connectivity index (χ3v) is 2.48. The molecule has 1 N–H and O–H groups in total. The maximum absolute atomic E-state index is 10.9. The van der Waals surface area contributed by atoms with Gasteiger partial charge in [0.15, 0.2) is 0 Å². The Bertz CT molecular complexity index is 336. The van der Waals surface area contributed by atoms with Gasteiger partial charge in [0.2, 0.25) is 0 Å². The summed E-state index contributed by atoms with van der Waals surface area (Å²) in [4.78, 5) is 10.9.